The van der Waals surface area contributed by atoms with Crippen LogP contribution in [0.2, 0.25) is 0 Å². The van der Waals surface area contributed by atoms with Crippen LogP contribution in [0.1, 0.15) is 5.56 Å². The monoisotopic (exact) mass is 112 g/mol. The fraction of sp³-hybridized carbons (Fsp3) is 0. The topological polar surface area (TPSA) is 58.6 Å². The Morgan fingerprint density at radius 2 is 2.75 bits per heavy atom. The number of aromatic nitrogens is 1. The quantitative estimate of drug-likeness (QED) is 0.326. The molecular weight excluding hydrogens is 108 g/mol. The minimum atomic E-state index is 0.646. The molecule has 4 heteroatoms. The van der Waals surface area contributed by atoms with Crippen LogP contribution in [0.4, 0.5) is 0 Å². The van der Waals surface area contributed by atoms with Gasteiger partial charge < -0.3 is 9.73 Å². The first kappa shape index (κ1) is 4.83. The molecule has 8 heavy (non-hydrogen) atoms. The lowest BCUT2D eigenvalue weighted by Crippen LogP contribution is -1.70. The smallest absolute Gasteiger partial charge is 0.132 e. The molecule has 0 saturated heterocycles. The van der Waals surface area contributed by atoms with Crippen LogP contribution >= 0.6 is 0 Å². The minimum Gasteiger partial charge on any atom is -0.411 e. The average Bonchev–Trinajstić information content (AvgIpc) is 2.19. The summed E-state index contributed by atoms with van der Waals surface area (Å²) < 4.78 is 4.41. The minimum absolute atomic E-state index is 0.646. The molecule has 0 atom stereocenters. The summed E-state index contributed by atoms with van der Waals surface area (Å²) in [5.41, 5.74) is 0.646. The summed E-state index contributed by atoms with van der Waals surface area (Å²) in [7, 11) is 0. The Kier molecular flexibility index (Phi) is 1.27. The van der Waals surface area contributed by atoms with E-state index in [2.05, 4.69) is 14.8 Å². The van der Waals surface area contributed by atoms with Crippen molar-refractivity contribution in [2.45, 2.75) is 0 Å². The summed E-state index contributed by atoms with van der Waals surface area (Å²) >= 11 is 0. The van der Waals surface area contributed by atoms with Gasteiger partial charge >= 0.3 is 0 Å². The molecule has 0 bridgehead atoms. The maximum absolute atomic E-state index is 7.94. The fourth-order valence-corrected chi connectivity index (χ4v) is 0.343. The van der Waals surface area contributed by atoms with Gasteiger partial charge in [-0.2, -0.15) is 0 Å². The molecule has 0 saturated carbocycles. The van der Waals surface area contributed by atoms with Gasteiger partial charge in [-0.1, -0.05) is 10.3 Å². The van der Waals surface area contributed by atoms with Gasteiger partial charge in [0.2, 0.25) is 0 Å². The number of oxime groups is 1. The summed E-state index contributed by atoms with van der Waals surface area (Å²) in [4.78, 5) is 0. The zero-order valence-corrected chi connectivity index (χ0v) is 3.98. The third-order valence-electron chi connectivity index (χ3n) is 0.658. The highest BCUT2D eigenvalue weighted by molar-refractivity contribution is 5.77. The van der Waals surface area contributed by atoms with Crippen LogP contribution in [-0.4, -0.2) is 16.6 Å². The van der Waals surface area contributed by atoms with E-state index in [1.165, 1.54) is 18.7 Å². The highest BCUT2D eigenvalue weighted by Crippen LogP contribution is 1.89. The predicted octanol–water partition coefficient (Wildman–Crippen LogP) is 0.483. The third-order valence-corrected chi connectivity index (χ3v) is 0.658. The lowest BCUT2D eigenvalue weighted by Gasteiger charge is -1.69. The van der Waals surface area contributed by atoms with Crippen LogP contribution in [0.5, 0.6) is 0 Å². The second-order valence-corrected chi connectivity index (χ2v) is 1.20. The lowest BCUT2D eigenvalue weighted by atomic mass is 10.4. The molecule has 4 nitrogen and oxygen atoms in total. The van der Waals surface area contributed by atoms with Crippen molar-refractivity contribution < 1.29 is 9.73 Å². The van der Waals surface area contributed by atoms with Gasteiger partial charge in [0.05, 0.1) is 18.0 Å². The standard InChI is InChI=1S/C4H4N2O2/c7-5-1-4-2-6-8-3-4/h1-3,7H. The molecular formula is C4H4N2O2. The molecule has 1 aromatic rings. The second-order valence-electron chi connectivity index (χ2n) is 1.20. The molecule has 0 aliphatic rings. The Bertz CT molecular complexity index is 168. The average molecular weight is 112 g/mol. The van der Waals surface area contributed by atoms with E-state index in [0.717, 1.165) is 0 Å². The zero-order chi connectivity index (χ0) is 5.82. The van der Waals surface area contributed by atoms with E-state index in [9.17, 15) is 0 Å². The first-order valence-corrected chi connectivity index (χ1v) is 2.00. The van der Waals surface area contributed by atoms with Gasteiger partial charge in [0.25, 0.3) is 0 Å². The van der Waals surface area contributed by atoms with E-state index in [-0.39, 0.29) is 0 Å². The van der Waals surface area contributed by atoms with E-state index in [1.807, 2.05) is 0 Å². The SMILES string of the molecule is ON=Cc1cnoc1. The van der Waals surface area contributed by atoms with Crippen molar-refractivity contribution in [2.24, 2.45) is 5.16 Å². The van der Waals surface area contributed by atoms with Crippen LogP contribution in [0.15, 0.2) is 22.1 Å². The van der Waals surface area contributed by atoms with Gasteiger partial charge in [0, 0.05) is 0 Å². The highest BCUT2D eigenvalue weighted by atomic mass is 16.5. The van der Waals surface area contributed by atoms with Crippen molar-refractivity contribution in [3.05, 3.63) is 18.0 Å². The maximum atomic E-state index is 7.94. The largest absolute Gasteiger partial charge is 0.411 e. The fourth-order valence-electron chi connectivity index (χ4n) is 0.343. The molecule has 0 unspecified atom stereocenters. The predicted molar refractivity (Wildman–Crippen MR) is 25.9 cm³/mol. The van der Waals surface area contributed by atoms with Gasteiger partial charge in [-0.05, 0) is 0 Å². The first-order valence-electron chi connectivity index (χ1n) is 2.00. The maximum Gasteiger partial charge on any atom is 0.132 e. The van der Waals surface area contributed by atoms with E-state index in [4.69, 9.17) is 5.21 Å². The molecule has 0 aliphatic heterocycles. The normalized spacial score (nSPS) is 10.5. The Labute approximate surface area is 45.4 Å². The molecule has 0 amide bonds. The molecule has 42 valence electrons. The van der Waals surface area contributed by atoms with Crippen LogP contribution in [0.25, 0.3) is 0 Å². The summed E-state index contributed by atoms with van der Waals surface area (Å²) in [5, 5.41) is 14.1. The molecule has 0 aromatic carbocycles. The van der Waals surface area contributed by atoms with E-state index >= 15 is 0 Å². The van der Waals surface area contributed by atoms with Crippen molar-refractivity contribution in [1.29, 1.82) is 0 Å². The third kappa shape index (κ3) is 0.841. The van der Waals surface area contributed by atoms with E-state index in [0.29, 0.717) is 5.56 Å². The number of hydrogen-bond acceptors (Lipinski definition) is 4. The Morgan fingerprint density at radius 3 is 3.25 bits per heavy atom. The van der Waals surface area contributed by atoms with Gasteiger partial charge in [0.1, 0.15) is 6.26 Å². The van der Waals surface area contributed by atoms with Crippen molar-refractivity contribution in [2.75, 3.05) is 0 Å². The number of rotatable bonds is 1. The molecule has 1 heterocycles. The summed E-state index contributed by atoms with van der Waals surface area (Å²) in [5.74, 6) is 0. The van der Waals surface area contributed by atoms with Gasteiger partial charge in [-0.25, -0.2) is 0 Å². The van der Waals surface area contributed by atoms with Crippen molar-refractivity contribution in [3.63, 3.8) is 0 Å². The molecule has 1 rings (SSSR count). The number of hydrogen-bond donors (Lipinski definition) is 1. The molecule has 0 aliphatic carbocycles. The Hall–Kier alpha value is -1.32. The molecule has 0 spiro atoms. The highest BCUT2D eigenvalue weighted by Gasteiger charge is 1.85. The zero-order valence-electron chi connectivity index (χ0n) is 3.98. The summed E-state index contributed by atoms with van der Waals surface area (Å²) in [6, 6.07) is 0. The van der Waals surface area contributed by atoms with E-state index < -0.39 is 0 Å². The first-order chi connectivity index (χ1) is 3.93. The molecule has 0 fully saturated rings. The van der Waals surface area contributed by atoms with Crippen LogP contribution in [-0.2, 0) is 0 Å². The van der Waals surface area contributed by atoms with Crippen LogP contribution in [0.3, 0.4) is 0 Å². The molecule has 0 radical (unpaired) electrons. The summed E-state index contributed by atoms with van der Waals surface area (Å²) in [6.07, 6.45) is 4.05. The summed E-state index contributed by atoms with van der Waals surface area (Å²) in [6.45, 7) is 0. The van der Waals surface area contributed by atoms with Gasteiger partial charge in [0.15, 0.2) is 0 Å². The second kappa shape index (κ2) is 2.11. The van der Waals surface area contributed by atoms with Crippen LogP contribution in [0, 0.1) is 0 Å². The van der Waals surface area contributed by atoms with Crippen molar-refractivity contribution in [1.82, 2.24) is 5.16 Å². The molecule has 1 aromatic heterocycles. The Morgan fingerprint density at radius 1 is 1.88 bits per heavy atom. The van der Waals surface area contributed by atoms with Crippen molar-refractivity contribution >= 4 is 6.21 Å². The van der Waals surface area contributed by atoms with Crippen molar-refractivity contribution in [3.8, 4) is 0 Å². The Balaban J connectivity index is 2.77. The van der Waals surface area contributed by atoms with E-state index in [1.54, 1.807) is 0 Å². The van der Waals surface area contributed by atoms with Gasteiger partial charge in [-0.3, -0.25) is 0 Å². The number of nitrogens with zero attached hydrogens (tertiary/aromatic N) is 2. The van der Waals surface area contributed by atoms with Gasteiger partial charge in [-0.15, -0.1) is 0 Å². The lowest BCUT2D eigenvalue weighted by molar-refractivity contribution is 0.322. The molecule has 1 N–H and O–H groups in total. The van der Waals surface area contributed by atoms with Crippen LogP contribution < -0.4 is 0 Å².